The zero-order valence-corrected chi connectivity index (χ0v) is 14.4. The Balaban J connectivity index is 1.44. The van der Waals surface area contributed by atoms with E-state index in [-0.39, 0.29) is 28.9 Å². The number of likely N-dealkylation sites (tertiary alicyclic amines) is 1. The second kappa shape index (κ2) is 6.73. The van der Waals surface area contributed by atoms with Gasteiger partial charge in [-0.2, -0.15) is 0 Å². The number of allylic oxidation sites excluding steroid dienone is 1. The third-order valence-electron chi connectivity index (χ3n) is 5.19. The van der Waals surface area contributed by atoms with Gasteiger partial charge in [-0.3, -0.25) is 14.9 Å². The van der Waals surface area contributed by atoms with Gasteiger partial charge in [-0.1, -0.05) is 36.4 Å². The summed E-state index contributed by atoms with van der Waals surface area (Å²) in [5.74, 6) is 1.13. The minimum Gasteiger partial charge on any atom is -0.341 e. The van der Waals surface area contributed by atoms with E-state index in [9.17, 15) is 9.59 Å². The molecule has 3 aliphatic rings. The summed E-state index contributed by atoms with van der Waals surface area (Å²) in [6, 6.07) is 7.88. The van der Waals surface area contributed by atoms with Gasteiger partial charge in [0.25, 0.3) is 0 Å². The zero-order chi connectivity index (χ0) is 16.5. The van der Waals surface area contributed by atoms with Gasteiger partial charge < -0.3 is 4.90 Å². The first-order chi connectivity index (χ1) is 11.7. The highest BCUT2D eigenvalue weighted by Crippen LogP contribution is 2.35. The van der Waals surface area contributed by atoms with Crippen molar-refractivity contribution in [2.24, 2.45) is 0 Å². The Morgan fingerprint density at radius 1 is 1.21 bits per heavy atom. The number of rotatable bonds is 4. The van der Waals surface area contributed by atoms with E-state index in [1.54, 1.807) is 11.8 Å². The van der Waals surface area contributed by atoms with Gasteiger partial charge in [-0.25, -0.2) is 0 Å². The van der Waals surface area contributed by atoms with Crippen LogP contribution in [0.3, 0.4) is 0 Å². The van der Waals surface area contributed by atoms with E-state index in [2.05, 4.69) is 29.6 Å². The van der Waals surface area contributed by atoms with E-state index in [1.165, 1.54) is 11.1 Å². The summed E-state index contributed by atoms with van der Waals surface area (Å²) in [4.78, 5) is 27.5. The highest BCUT2D eigenvalue weighted by molar-refractivity contribution is 8.00. The number of nitrogens with one attached hydrogen (secondary N) is 1. The van der Waals surface area contributed by atoms with Crippen molar-refractivity contribution in [3.63, 3.8) is 0 Å². The Morgan fingerprint density at radius 3 is 2.83 bits per heavy atom. The number of hydrogen-bond acceptors (Lipinski definition) is 4. The standard InChI is InChI=1S/C19H22N2O2S/c22-16(11-14-8-7-13-5-1-2-6-15(13)14)18-17(20-12-24-18)19(23)21-9-3-4-10-21/h1-2,5-8,14,17-18,20H,3-4,9-12H2/t14?,17-,18?/m1/s1. The van der Waals surface area contributed by atoms with Crippen LogP contribution in [0.15, 0.2) is 30.3 Å². The molecule has 24 heavy (non-hydrogen) atoms. The average molecular weight is 342 g/mol. The van der Waals surface area contributed by atoms with Crippen molar-refractivity contribution in [2.75, 3.05) is 19.0 Å². The molecule has 2 unspecified atom stereocenters. The number of carbonyl (C=O) groups is 2. The van der Waals surface area contributed by atoms with E-state index >= 15 is 0 Å². The fourth-order valence-corrected chi connectivity index (χ4v) is 5.04. The monoisotopic (exact) mass is 342 g/mol. The van der Waals surface area contributed by atoms with Crippen LogP contribution in [0.2, 0.25) is 0 Å². The Hall–Kier alpha value is -1.59. The average Bonchev–Trinajstić information content (AvgIpc) is 3.35. The van der Waals surface area contributed by atoms with E-state index in [4.69, 9.17) is 0 Å². The quantitative estimate of drug-likeness (QED) is 0.913. The van der Waals surface area contributed by atoms with Crippen LogP contribution in [-0.4, -0.2) is 46.8 Å². The molecule has 0 saturated carbocycles. The van der Waals surface area contributed by atoms with E-state index < -0.39 is 0 Å². The smallest absolute Gasteiger partial charge is 0.241 e. The molecule has 1 amide bonds. The molecule has 4 nitrogen and oxygen atoms in total. The summed E-state index contributed by atoms with van der Waals surface area (Å²) in [6.45, 7) is 1.67. The normalized spacial score (nSPS) is 28.3. The van der Waals surface area contributed by atoms with Crippen molar-refractivity contribution in [1.82, 2.24) is 10.2 Å². The number of benzene rings is 1. The van der Waals surface area contributed by atoms with Crippen LogP contribution in [0.5, 0.6) is 0 Å². The summed E-state index contributed by atoms with van der Waals surface area (Å²) in [5, 5.41) is 2.99. The summed E-state index contributed by atoms with van der Waals surface area (Å²) >= 11 is 1.58. The SMILES string of the molecule is O=C(CC1C=Cc2ccccc21)C1SCN[C@H]1C(=O)N1CCCC1. The molecule has 2 saturated heterocycles. The maximum Gasteiger partial charge on any atom is 0.241 e. The number of hydrogen-bond donors (Lipinski definition) is 1. The van der Waals surface area contributed by atoms with Crippen molar-refractivity contribution in [1.29, 1.82) is 0 Å². The van der Waals surface area contributed by atoms with Gasteiger partial charge in [0.2, 0.25) is 5.91 Å². The third-order valence-corrected chi connectivity index (χ3v) is 6.42. The van der Waals surface area contributed by atoms with Crippen molar-refractivity contribution in [3.8, 4) is 0 Å². The van der Waals surface area contributed by atoms with Crippen molar-refractivity contribution in [3.05, 3.63) is 41.5 Å². The molecule has 0 aromatic heterocycles. The van der Waals surface area contributed by atoms with E-state index in [0.717, 1.165) is 25.9 Å². The zero-order valence-electron chi connectivity index (χ0n) is 13.6. The first kappa shape index (κ1) is 15.9. The Bertz CT molecular complexity index is 682. The lowest BCUT2D eigenvalue weighted by Gasteiger charge is -2.24. The van der Waals surface area contributed by atoms with Crippen molar-refractivity contribution in [2.45, 2.75) is 36.5 Å². The fourth-order valence-electron chi connectivity index (χ4n) is 3.90. The van der Waals surface area contributed by atoms with Gasteiger partial charge >= 0.3 is 0 Å². The van der Waals surface area contributed by atoms with Crippen LogP contribution >= 0.6 is 11.8 Å². The van der Waals surface area contributed by atoms with Gasteiger partial charge in [0.15, 0.2) is 0 Å². The van der Waals surface area contributed by atoms with Crippen molar-refractivity contribution >= 4 is 29.5 Å². The van der Waals surface area contributed by atoms with Gasteiger partial charge in [-0.15, -0.1) is 11.8 Å². The Labute approximate surface area is 146 Å². The molecule has 2 heterocycles. The molecular weight excluding hydrogens is 320 g/mol. The number of nitrogens with zero attached hydrogens (tertiary/aromatic N) is 1. The maximum absolute atomic E-state index is 12.9. The molecule has 3 atom stereocenters. The predicted octanol–water partition coefficient (Wildman–Crippen LogP) is 2.41. The lowest BCUT2D eigenvalue weighted by Crippen LogP contribution is -2.49. The maximum atomic E-state index is 12.9. The summed E-state index contributed by atoms with van der Waals surface area (Å²) in [6.07, 6.45) is 6.85. The number of fused-ring (bicyclic) bond motifs is 1. The lowest BCUT2D eigenvalue weighted by molar-refractivity contribution is -0.134. The van der Waals surface area contributed by atoms with E-state index in [1.807, 2.05) is 17.0 Å². The third kappa shape index (κ3) is 2.91. The summed E-state index contributed by atoms with van der Waals surface area (Å²) in [7, 11) is 0. The van der Waals surface area contributed by atoms with Gasteiger partial charge in [0.1, 0.15) is 11.8 Å². The summed E-state index contributed by atoms with van der Waals surface area (Å²) < 4.78 is 0. The first-order valence-electron chi connectivity index (χ1n) is 8.67. The molecule has 1 aromatic carbocycles. The molecule has 2 aliphatic heterocycles. The molecule has 1 aliphatic carbocycles. The van der Waals surface area contributed by atoms with Gasteiger partial charge in [-0.05, 0) is 24.0 Å². The molecule has 0 spiro atoms. The second-order valence-electron chi connectivity index (χ2n) is 6.71. The Morgan fingerprint density at radius 2 is 2.00 bits per heavy atom. The lowest BCUT2D eigenvalue weighted by atomic mass is 9.93. The first-order valence-corrected chi connectivity index (χ1v) is 9.72. The molecule has 2 fully saturated rings. The molecular formula is C19H22N2O2S. The number of Topliss-reactive ketones (excluding diaryl/α,β-unsaturated/α-hetero) is 1. The van der Waals surface area contributed by atoms with Crippen LogP contribution in [0.25, 0.3) is 6.08 Å². The van der Waals surface area contributed by atoms with E-state index in [0.29, 0.717) is 12.3 Å². The largest absolute Gasteiger partial charge is 0.341 e. The summed E-state index contributed by atoms with van der Waals surface area (Å²) in [5.41, 5.74) is 2.43. The highest BCUT2D eigenvalue weighted by atomic mass is 32.2. The van der Waals surface area contributed by atoms with Crippen molar-refractivity contribution < 1.29 is 9.59 Å². The molecule has 126 valence electrons. The van der Waals surface area contributed by atoms with Crippen LogP contribution in [0.1, 0.15) is 36.3 Å². The molecule has 0 radical (unpaired) electrons. The fraction of sp³-hybridized carbons (Fsp3) is 0.474. The highest BCUT2D eigenvalue weighted by Gasteiger charge is 2.41. The number of thioether (sulfide) groups is 1. The molecule has 0 bridgehead atoms. The molecule has 1 N–H and O–H groups in total. The minimum absolute atomic E-state index is 0.109. The number of carbonyl (C=O) groups excluding carboxylic acids is 2. The van der Waals surface area contributed by atoms with Gasteiger partial charge in [0, 0.05) is 31.3 Å². The topological polar surface area (TPSA) is 49.4 Å². The Kier molecular flexibility index (Phi) is 4.46. The molecule has 5 heteroatoms. The number of amides is 1. The second-order valence-corrected chi connectivity index (χ2v) is 7.84. The molecule has 1 aromatic rings. The molecule has 4 rings (SSSR count). The van der Waals surface area contributed by atoms with Crippen LogP contribution in [0, 0.1) is 0 Å². The predicted molar refractivity (Wildman–Crippen MR) is 96.8 cm³/mol. The van der Waals surface area contributed by atoms with Crippen LogP contribution < -0.4 is 5.32 Å². The minimum atomic E-state index is -0.346. The van der Waals surface area contributed by atoms with Gasteiger partial charge in [0.05, 0.1) is 5.25 Å². The number of ketones is 1. The van der Waals surface area contributed by atoms with Crippen LogP contribution in [-0.2, 0) is 9.59 Å². The van der Waals surface area contributed by atoms with Crippen LogP contribution in [0.4, 0.5) is 0 Å².